The standard InChI is InChI=1S/C8H16N2O2/c1-2-8(11)10-5-3-7(12-9)4-6-10/h7H,2-6,9H2,1H3. The smallest absolute Gasteiger partial charge is 0.222 e. The first-order valence-corrected chi connectivity index (χ1v) is 4.41. The third kappa shape index (κ3) is 2.19. The second kappa shape index (κ2) is 4.42. The largest absolute Gasteiger partial charge is 0.343 e. The Labute approximate surface area is 72.6 Å². The summed E-state index contributed by atoms with van der Waals surface area (Å²) in [5, 5.41) is 0. The van der Waals surface area contributed by atoms with E-state index < -0.39 is 0 Å². The fraction of sp³-hybridized carbons (Fsp3) is 0.875. The Bertz CT molecular complexity index is 153. The quantitative estimate of drug-likeness (QED) is 0.608. The van der Waals surface area contributed by atoms with Crippen LogP contribution in [0.25, 0.3) is 0 Å². The van der Waals surface area contributed by atoms with Gasteiger partial charge in [-0.3, -0.25) is 4.79 Å². The molecule has 1 aliphatic rings. The molecule has 0 unspecified atom stereocenters. The van der Waals surface area contributed by atoms with E-state index in [2.05, 4.69) is 0 Å². The molecule has 0 radical (unpaired) electrons. The second-order valence-corrected chi connectivity index (χ2v) is 3.07. The number of amides is 1. The van der Waals surface area contributed by atoms with E-state index in [9.17, 15) is 4.79 Å². The second-order valence-electron chi connectivity index (χ2n) is 3.07. The number of hydrogen-bond donors (Lipinski definition) is 1. The predicted octanol–water partition coefficient (Wildman–Crippen LogP) is 0.278. The lowest BCUT2D eigenvalue weighted by atomic mass is 10.1. The van der Waals surface area contributed by atoms with Crippen LogP contribution in [0.3, 0.4) is 0 Å². The predicted molar refractivity (Wildman–Crippen MR) is 45.2 cm³/mol. The summed E-state index contributed by atoms with van der Waals surface area (Å²) in [6, 6.07) is 0. The van der Waals surface area contributed by atoms with Crippen LogP contribution in [0.15, 0.2) is 0 Å². The van der Waals surface area contributed by atoms with Gasteiger partial charge >= 0.3 is 0 Å². The Morgan fingerprint density at radius 2 is 2.17 bits per heavy atom. The fourth-order valence-corrected chi connectivity index (χ4v) is 1.46. The lowest BCUT2D eigenvalue weighted by Gasteiger charge is -2.30. The van der Waals surface area contributed by atoms with Crippen LogP contribution in [0.2, 0.25) is 0 Å². The first kappa shape index (κ1) is 9.48. The minimum Gasteiger partial charge on any atom is -0.343 e. The molecule has 1 saturated heterocycles. The summed E-state index contributed by atoms with van der Waals surface area (Å²) in [6.07, 6.45) is 2.46. The summed E-state index contributed by atoms with van der Waals surface area (Å²) < 4.78 is 0. The van der Waals surface area contributed by atoms with E-state index in [-0.39, 0.29) is 12.0 Å². The van der Waals surface area contributed by atoms with Gasteiger partial charge in [0.05, 0.1) is 6.10 Å². The number of nitrogens with two attached hydrogens (primary N) is 1. The lowest BCUT2D eigenvalue weighted by molar-refractivity contribution is -0.133. The van der Waals surface area contributed by atoms with Gasteiger partial charge in [0.1, 0.15) is 0 Å². The molecule has 1 rings (SSSR count). The van der Waals surface area contributed by atoms with Gasteiger partial charge in [0.15, 0.2) is 0 Å². The third-order valence-corrected chi connectivity index (χ3v) is 2.29. The molecule has 0 saturated carbocycles. The molecule has 0 aliphatic carbocycles. The van der Waals surface area contributed by atoms with Crippen molar-refractivity contribution in [2.45, 2.75) is 32.3 Å². The SMILES string of the molecule is CCC(=O)N1CCC(ON)CC1. The van der Waals surface area contributed by atoms with Crippen molar-refractivity contribution in [3.63, 3.8) is 0 Å². The van der Waals surface area contributed by atoms with Crippen molar-refractivity contribution in [3.05, 3.63) is 0 Å². The van der Waals surface area contributed by atoms with Crippen LogP contribution in [0.4, 0.5) is 0 Å². The van der Waals surface area contributed by atoms with Crippen molar-refractivity contribution in [2.75, 3.05) is 13.1 Å². The lowest BCUT2D eigenvalue weighted by Crippen LogP contribution is -2.41. The molecule has 4 nitrogen and oxygen atoms in total. The summed E-state index contributed by atoms with van der Waals surface area (Å²) in [4.78, 5) is 17.8. The summed E-state index contributed by atoms with van der Waals surface area (Å²) >= 11 is 0. The van der Waals surface area contributed by atoms with Crippen LogP contribution in [0, 0.1) is 0 Å². The van der Waals surface area contributed by atoms with Gasteiger partial charge < -0.3 is 9.74 Å². The summed E-state index contributed by atoms with van der Waals surface area (Å²) in [5.74, 6) is 5.28. The maximum absolute atomic E-state index is 11.2. The zero-order chi connectivity index (χ0) is 8.97. The molecule has 1 fully saturated rings. The van der Waals surface area contributed by atoms with Crippen LogP contribution < -0.4 is 5.90 Å². The maximum Gasteiger partial charge on any atom is 0.222 e. The molecule has 0 aromatic rings. The Morgan fingerprint density at radius 3 is 2.58 bits per heavy atom. The van der Waals surface area contributed by atoms with Crippen molar-refractivity contribution >= 4 is 5.91 Å². The first-order chi connectivity index (χ1) is 5.77. The molecular formula is C8H16N2O2. The fourth-order valence-electron chi connectivity index (χ4n) is 1.46. The summed E-state index contributed by atoms with van der Waals surface area (Å²) in [6.45, 7) is 3.46. The number of rotatable bonds is 2. The molecule has 1 amide bonds. The Kier molecular flexibility index (Phi) is 3.49. The Balaban J connectivity index is 2.30. The molecule has 4 heteroatoms. The summed E-state index contributed by atoms with van der Waals surface area (Å²) in [7, 11) is 0. The van der Waals surface area contributed by atoms with E-state index in [4.69, 9.17) is 10.7 Å². The van der Waals surface area contributed by atoms with E-state index in [1.807, 2.05) is 11.8 Å². The number of piperidine rings is 1. The number of nitrogens with zero attached hydrogens (tertiary/aromatic N) is 1. The van der Waals surface area contributed by atoms with E-state index in [0.717, 1.165) is 25.9 Å². The minimum absolute atomic E-state index is 0.144. The number of carbonyl (C=O) groups excluding carboxylic acids is 1. The van der Waals surface area contributed by atoms with E-state index in [0.29, 0.717) is 6.42 Å². The number of likely N-dealkylation sites (tertiary alicyclic amines) is 1. The van der Waals surface area contributed by atoms with Crippen LogP contribution in [-0.2, 0) is 9.63 Å². The van der Waals surface area contributed by atoms with Gasteiger partial charge in [-0.25, -0.2) is 5.90 Å². The molecular weight excluding hydrogens is 156 g/mol. The van der Waals surface area contributed by atoms with Gasteiger partial charge in [-0.1, -0.05) is 6.92 Å². The minimum atomic E-state index is 0.144. The van der Waals surface area contributed by atoms with Crippen LogP contribution in [-0.4, -0.2) is 30.0 Å². The van der Waals surface area contributed by atoms with Gasteiger partial charge in [0.25, 0.3) is 0 Å². The van der Waals surface area contributed by atoms with Gasteiger partial charge in [-0.2, -0.15) is 0 Å². The topological polar surface area (TPSA) is 55.6 Å². The van der Waals surface area contributed by atoms with Crippen LogP contribution >= 0.6 is 0 Å². The molecule has 12 heavy (non-hydrogen) atoms. The molecule has 1 heterocycles. The Morgan fingerprint density at radius 1 is 1.58 bits per heavy atom. The molecule has 0 aromatic heterocycles. The van der Waals surface area contributed by atoms with Gasteiger partial charge in [-0.15, -0.1) is 0 Å². The van der Waals surface area contributed by atoms with Gasteiger partial charge in [0, 0.05) is 19.5 Å². The number of hydrogen-bond acceptors (Lipinski definition) is 3. The third-order valence-electron chi connectivity index (χ3n) is 2.29. The maximum atomic E-state index is 11.2. The molecule has 70 valence electrons. The average molecular weight is 172 g/mol. The van der Waals surface area contributed by atoms with E-state index >= 15 is 0 Å². The van der Waals surface area contributed by atoms with Gasteiger partial charge in [0.2, 0.25) is 5.91 Å². The van der Waals surface area contributed by atoms with E-state index in [1.54, 1.807) is 0 Å². The van der Waals surface area contributed by atoms with Crippen molar-refractivity contribution in [2.24, 2.45) is 5.90 Å². The highest BCUT2D eigenvalue weighted by Crippen LogP contribution is 2.12. The zero-order valence-electron chi connectivity index (χ0n) is 7.45. The molecule has 0 atom stereocenters. The first-order valence-electron chi connectivity index (χ1n) is 4.41. The highest BCUT2D eigenvalue weighted by atomic mass is 16.6. The average Bonchev–Trinajstić information content (AvgIpc) is 2.17. The van der Waals surface area contributed by atoms with Crippen LogP contribution in [0.5, 0.6) is 0 Å². The summed E-state index contributed by atoms with van der Waals surface area (Å²) in [5.41, 5.74) is 0. The zero-order valence-corrected chi connectivity index (χ0v) is 7.45. The number of carbonyl (C=O) groups is 1. The van der Waals surface area contributed by atoms with Crippen LogP contribution in [0.1, 0.15) is 26.2 Å². The van der Waals surface area contributed by atoms with Crippen molar-refractivity contribution in [3.8, 4) is 0 Å². The highest BCUT2D eigenvalue weighted by molar-refractivity contribution is 5.75. The molecule has 0 spiro atoms. The normalized spacial score (nSPS) is 19.7. The van der Waals surface area contributed by atoms with Crippen molar-refractivity contribution in [1.82, 2.24) is 4.90 Å². The van der Waals surface area contributed by atoms with Crippen molar-refractivity contribution in [1.29, 1.82) is 0 Å². The molecule has 2 N–H and O–H groups in total. The molecule has 0 bridgehead atoms. The molecule has 0 aromatic carbocycles. The van der Waals surface area contributed by atoms with E-state index in [1.165, 1.54) is 0 Å². The van der Waals surface area contributed by atoms with Crippen molar-refractivity contribution < 1.29 is 9.63 Å². The highest BCUT2D eigenvalue weighted by Gasteiger charge is 2.21. The molecule has 1 aliphatic heterocycles. The monoisotopic (exact) mass is 172 g/mol. The Hall–Kier alpha value is -0.610. The van der Waals surface area contributed by atoms with Gasteiger partial charge in [-0.05, 0) is 12.8 Å².